The predicted molar refractivity (Wildman–Crippen MR) is 104 cm³/mol. The first-order valence-electron chi connectivity index (χ1n) is 9.94. The summed E-state index contributed by atoms with van der Waals surface area (Å²) in [4.78, 5) is 29.2. The van der Waals surface area contributed by atoms with E-state index in [1.54, 1.807) is 11.9 Å². The van der Waals surface area contributed by atoms with E-state index in [9.17, 15) is 9.59 Å². The molecule has 0 spiro atoms. The fourth-order valence-electron chi connectivity index (χ4n) is 4.07. The van der Waals surface area contributed by atoms with Gasteiger partial charge in [-0.25, -0.2) is 0 Å². The number of piperidine rings is 1. The number of nitrogens with one attached hydrogen (secondary N) is 1. The maximum Gasteiger partial charge on any atom is 0.251 e. The van der Waals surface area contributed by atoms with Crippen molar-refractivity contribution >= 4 is 11.8 Å². The van der Waals surface area contributed by atoms with Crippen LogP contribution < -0.4 is 5.32 Å². The Morgan fingerprint density at radius 3 is 2.63 bits per heavy atom. The molecule has 0 aliphatic carbocycles. The van der Waals surface area contributed by atoms with E-state index in [-0.39, 0.29) is 18.4 Å². The maximum absolute atomic E-state index is 12.9. The van der Waals surface area contributed by atoms with Crippen LogP contribution in [0.25, 0.3) is 0 Å². The largest absolute Gasteiger partial charge is 0.356 e. The van der Waals surface area contributed by atoms with Crippen LogP contribution in [0.5, 0.6) is 0 Å². The Morgan fingerprint density at radius 1 is 1.26 bits per heavy atom. The zero-order valence-corrected chi connectivity index (χ0v) is 16.6. The van der Waals surface area contributed by atoms with Crippen molar-refractivity contribution in [1.29, 1.82) is 0 Å². The van der Waals surface area contributed by atoms with E-state index in [0.29, 0.717) is 12.5 Å². The van der Waals surface area contributed by atoms with Gasteiger partial charge < -0.3 is 19.9 Å². The number of aryl methyl sites for hydroxylation is 1. The summed E-state index contributed by atoms with van der Waals surface area (Å²) >= 11 is 0. The number of carbonyl (C=O) groups excluding carboxylic acids is 2. The highest BCUT2D eigenvalue weighted by molar-refractivity contribution is 5.86. The van der Waals surface area contributed by atoms with Crippen LogP contribution in [0.2, 0.25) is 0 Å². The summed E-state index contributed by atoms with van der Waals surface area (Å²) in [6.07, 6.45) is 1.54. The molecule has 3 rings (SSSR count). The highest BCUT2D eigenvalue weighted by atomic mass is 16.5. The number of ether oxygens (including phenoxy) is 1. The van der Waals surface area contributed by atoms with Crippen molar-refractivity contribution in [3.05, 3.63) is 35.4 Å². The molecule has 2 amide bonds. The highest BCUT2D eigenvalue weighted by Crippen LogP contribution is 2.31. The first kappa shape index (κ1) is 19.8. The maximum atomic E-state index is 12.9. The standard InChI is InChI=1S/C21H31N3O3/c1-4-24-11-9-16(10-12-24)13-22-21(26)20-19(23(3)18(25)14-27-20)17-8-6-5-7-15(17)2/h5-8,16,19-20H,4,9-14H2,1-3H3,(H,22,26)/t19-,20+/m1/s1. The molecule has 2 aliphatic heterocycles. The third-order valence-electron chi connectivity index (χ3n) is 5.97. The Labute approximate surface area is 161 Å². The van der Waals surface area contributed by atoms with Crippen molar-refractivity contribution in [3.8, 4) is 0 Å². The minimum absolute atomic E-state index is 0.0497. The molecule has 0 unspecified atom stereocenters. The second-order valence-corrected chi connectivity index (χ2v) is 7.66. The molecular formula is C21H31N3O3. The normalized spacial score (nSPS) is 24.9. The number of hydrogen-bond acceptors (Lipinski definition) is 4. The van der Waals surface area contributed by atoms with E-state index in [0.717, 1.165) is 43.6 Å². The molecule has 0 radical (unpaired) electrons. The first-order chi connectivity index (χ1) is 13.0. The van der Waals surface area contributed by atoms with Gasteiger partial charge in [0.25, 0.3) is 5.91 Å². The molecule has 148 valence electrons. The van der Waals surface area contributed by atoms with Crippen LogP contribution in [0.15, 0.2) is 24.3 Å². The highest BCUT2D eigenvalue weighted by Gasteiger charge is 2.40. The van der Waals surface area contributed by atoms with E-state index >= 15 is 0 Å². The lowest BCUT2D eigenvalue weighted by atomic mass is 9.93. The van der Waals surface area contributed by atoms with Crippen molar-refractivity contribution in [1.82, 2.24) is 15.1 Å². The van der Waals surface area contributed by atoms with E-state index in [4.69, 9.17) is 4.74 Å². The summed E-state index contributed by atoms with van der Waals surface area (Å²) in [6.45, 7) is 8.10. The molecule has 2 aliphatic rings. The minimum Gasteiger partial charge on any atom is -0.356 e. The molecule has 1 aromatic rings. The van der Waals surface area contributed by atoms with Crippen molar-refractivity contribution in [2.75, 3.05) is 39.8 Å². The molecule has 2 saturated heterocycles. The van der Waals surface area contributed by atoms with Gasteiger partial charge in [-0.1, -0.05) is 31.2 Å². The minimum atomic E-state index is -0.676. The summed E-state index contributed by atoms with van der Waals surface area (Å²) in [5, 5.41) is 3.09. The molecule has 1 aromatic carbocycles. The van der Waals surface area contributed by atoms with Crippen molar-refractivity contribution in [2.24, 2.45) is 5.92 Å². The van der Waals surface area contributed by atoms with Gasteiger partial charge in [0.2, 0.25) is 5.91 Å². The van der Waals surface area contributed by atoms with Crippen molar-refractivity contribution < 1.29 is 14.3 Å². The monoisotopic (exact) mass is 373 g/mol. The van der Waals surface area contributed by atoms with Crippen LogP contribution in [0.1, 0.15) is 36.9 Å². The number of carbonyl (C=O) groups is 2. The van der Waals surface area contributed by atoms with Crippen molar-refractivity contribution in [2.45, 2.75) is 38.8 Å². The lowest BCUT2D eigenvalue weighted by Crippen LogP contribution is -2.53. The quantitative estimate of drug-likeness (QED) is 0.854. The molecule has 2 atom stereocenters. The number of nitrogens with zero attached hydrogens (tertiary/aromatic N) is 2. The van der Waals surface area contributed by atoms with Gasteiger partial charge in [0.15, 0.2) is 6.10 Å². The number of hydrogen-bond donors (Lipinski definition) is 1. The average Bonchev–Trinajstić information content (AvgIpc) is 2.69. The Hall–Kier alpha value is -1.92. The Balaban J connectivity index is 1.66. The molecule has 0 aromatic heterocycles. The second kappa shape index (κ2) is 8.85. The van der Waals surface area contributed by atoms with Gasteiger partial charge in [-0.15, -0.1) is 0 Å². The number of likely N-dealkylation sites (N-methyl/N-ethyl adjacent to an activating group) is 1. The third kappa shape index (κ3) is 4.50. The molecule has 6 heteroatoms. The molecule has 27 heavy (non-hydrogen) atoms. The van der Waals surface area contributed by atoms with Gasteiger partial charge in [-0.2, -0.15) is 0 Å². The number of rotatable bonds is 5. The Morgan fingerprint density at radius 2 is 1.96 bits per heavy atom. The molecule has 0 saturated carbocycles. The molecule has 2 fully saturated rings. The smallest absolute Gasteiger partial charge is 0.251 e. The Kier molecular flexibility index (Phi) is 6.50. The lowest BCUT2D eigenvalue weighted by molar-refractivity contribution is -0.162. The fraction of sp³-hybridized carbons (Fsp3) is 0.619. The van der Waals surface area contributed by atoms with Gasteiger partial charge in [-0.05, 0) is 56.4 Å². The second-order valence-electron chi connectivity index (χ2n) is 7.66. The zero-order valence-electron chi connectivity index (χ0n) is 16.6. The van der Waals surface area contributed by atoms with Crippen LogP contribution >= 0.6 is 0 Å². The van der Waals surface area contributed by atoms with Crippen LogP contribution in [0.3, 0.4) is 0 Å². The molecule has 0 bridgehead atoms. The van der Waals surface area contributed by atoms with Crippen LogP contribution in [-0.2, 0) is 14.3 Å². The van der Waals surface area contributed by atoms with E-state index in [1.165, 1.54) is 0 Å². The fourth-order valence-corrected chi connectivity index (χ4v) is 4.07. The van der Waals surface area contributed by atoms with E-state index in [1.807, 2.05) is 31.2 Å². The molecule has 1 N–H and O–H groups in total. The van der Waals surface area contributed by atoms with E-state index in [2.05, 4.69) is 17.1 Å². The number of likely N-dealkylation sites (tertiary alicyclic amines) is 1. The zero-order chi connectivity index (χ0) is 19.4. The topological polar surface area (TPSA) is 61.9 Å². The van der Waals surface area contributed by atoms with Crippen molar-refractivity contribution in [3.63, 3.8) is 0 Å². The first-order valence-corrected chi connectivity index (χ1v) is 9.94. The van der Waals surface area contributed by atoms with Gasteiger partial charge >= 0.3 is 0 Å². The van der Waals surface area contributed by atoms with Gasteiger partial charge in [0.05, 0.1) is 6.04 Å². The molecule has 2 heterocycles. The average molecular weight is 373 g/mol. The van der Waals surface area contributed by atoms with E-state index < -0.39 is 12.1 Å². The molecular weight excluding hydrogens is 342 g/mol. The number of morpholine rings is 1. The number of amides is 2. The molecule has 6 nitrogen and oxygen atoms in total. The lowest BCUT2D eigenvalue weighted by Gasteiger charge is -2.39. The van der Waals surface area contributed by atoms with Crippen LogP contribution in [0.4, 0.5) is 0 Å². The summed E-state index contributed by atoms with van der Waals surface area (Å²) in [6, 6.07) is 7.47. The van der Waals surface area contributed by atoms with Gasteiger partial charge in [-0.3, -0.25) is 9.59 Å². The summed E-state index contributed by atoms with van der Waals surface area (Å²) in [5.41, 5.74) is 2.02. The van der Waals surface area contributed by atoms with Gasteiger partial charge in [0, 0.05) is 13.6 Å². The summed E-state index contributed by atoms with van der Waals surface area (Å²) in [5.74, 6) is 0.288. The predicted octanol–water partition coefficient (Wildman–Crippen LogP) is 1.74. The SMILES string of the molecule is CCN1CCC(CNC(=O)[C@H]2OCC(=O)N(C)[C@@H]2c2ccccc2C)CC1. The number of benzene rings is 1. The summed E-state index contributed by atoms with van der Waals surface area (Å²) in [7, 11) is 1.75. The van der Waals surface area contributed by atoms with Gasteiger partial charge in [0.1, 0.15) is 6.61 Å². The van der Waals surface area contributed by atoms with Crippen LogP contribution in [0, 0.1) is 12.8 Å². The Bertz CT molecular complexity index is 670. The third-order valence-corrected chi connectivity index (χ3v) is 5.97. The summed E-state index contributed by atoms with van der Waals surface area (Å²) < 4.78 is 5.71. The van der Waals surface area contributed by atoms with Crippen LogP contribution in [-0.4, -0.2) is 67.6 Å².